The highest BCUT2D eigenvalue weighted by Gasteiger charge is 2.19. The van der Waals surface area contributed by atoms with Gasteiger partial charge >= 0.3 is 0 Å². The fraction of sp³-hybridized carbons (Fsp3) is 0. The molecule has 0 N–H and O–H groups in total. The van der Waals surface area contributed by atoms with Crippen molar-refractivity contribution in [1.82, 2.24) is 0 Å². The number of hydrogen-bond donors (Lipinski definition) is 0. The van der Waals surface area contributed by atoms with Crippen molar-refractivity contribution in [3.8, 4) is 33.4 Å². The lowest BCUT2D eigenvalue weighted by Gasteiger charge is -2.19. The van der Waals surface area contributed by atoms with Gasteiger partial charge in [-0.3, -0.25) is 0 Å². The lowest BCUT2D eigenvalue weighted by Crippen LogP contribution is -1.92. The van der Waals surface area contributed by atoms with Crippen molar-refractivity contribution in [1.29, 1.82) is 0 Å². The summed E-state index contributed by atoms with van der Waals surface area (Å²) >= 11 is 1.88. The average molecular weight is 613 g/mol. The maximum absolute atomic E-state index is 2.46. The smallest absolute Gasteiger partial charge is 0.0361 e. The largest absolute Gasteiger partial charge is 0.135 e. The Morgan fingerprint density at radius 2 is 0.809 bits per heavy atom. The Morgan fingerprint density at radius 3 is 1.49 bits per heavy atom. The third-order valence-electron chi connectivity index (χ3n) is 9.81. The normalized spacial score (nSPS) is 11.8. The van der Waals surface area contributed by atoms with Gasteiger partial charge < -0.3 is 0 Å². The van der Waals surface area contributed by atoms with E-state index in [-0.39, 0.29) is 0 Å². The zero-order valence-electron chi connectivity index (χ0n) is 25.6. The third-order valence-corrected chi connectivity index (χ3v) is 10.9. The van der Waals surface area contributed by atoms with Gasteiger partial charge in [-0.25, -0.2) is 0 Å². The number of benzene rings is 9. The Bertz CT molecular complexity index is 2850. The summed E-state index contributed by atoms with van der Waals surface area (Å²) in [6.45, 7) is 0. The molecule has 47 heavy (non-hydrogen) atoms. The first-order valence-electron chi connectivity index (χ1n) is 16.2. The molecule has 0 spiro atoms. The van der Waals surface area contributed by atoms with E-state index in [2.05, 4.69) is 170 Å². The molecule has 0 nitrogen and oxygen atoms in total. The van der Waals surface area contributed by atoms with Crippen molar-refractivity contribution in [2.45, 2.75) is 0 Å². The van der Waals surface area contributed by atoms with Crippen LogP contribution in [0.2, 0.25) is 0 Å². The van der Waals surface area contributed by atoms with Gasteiger partial charge in [-0.2, -0.15) is 0 Å². The Hall–Kier alpha value is -5.76. The van der Waals surface area contributed by atoms with E-state index in [4.69, 9.17) is 0 Å². The van der Waals surface area contributed by atoms with E-state index in [1.54, 1.807) is 0 Å². The minimum Gasteiger partial charge on any atom is -0.135 e. The predicted octanol–water partition coefficient (Wildman–Crippen LogP) is 13.7. The Kier molecular flexibility index (Phi) is 5.85. The first-order valence-corrected chi connectivity index (χ1v) is 17.0. The fourth-order valence-corrected chi connectivity index (χ4v) is 8.80. The van der Waals surface area contributed by atoms with Gasteiger partial charge in [0.25, 0.3) is 0 Å². The molecule has 0 radical (unpaired) electrons. The molecule has 0 saturated carbocycles. The highest BCUT2D eigenvalue weighted by molar-refractivity contribution is 7.25. The van der Waals surface area contributed by atoms with Crippen molar-refractivity contribution in [3.63, 3.8) is 0 Å². The Balaban J connectivity index is 1.34. The molecular formula is C46H28S. The maximum Gasteiger partial charge on any atom is 0.0361 e. The number of thiophene rings is 1. The molecule has 1 aromatic heterocycles. The second-order valence-corrected chi connectivity index (χ2v) is 13.5. The topological polar surface area (TPSA) is 0 Å². The molecule has 0 unspecified atom stereocenters. The van der Waals surface area contributed by atoms with Gasteiger partial charge in [0, 0.05) is 20.2 Å². The van der Waals surface area contributed by atoms with Crippen LogP contribution in [0.15, 0.2) is 170 Å². The molecule has 0 fully saturated rings. The zero-order valence-corrected chi connectivity index (χ0v) is 26.4. The Morgan fingerprint density at radius 1 is 0.298 bits per heavy atom. The molecule has 10 rings (SSSR count). The summed E-state index contributed by atoms with van der Waals surface area (Å²) < 4.78 is 2.66. The van der Waals surface area contributed by atoms with Gasteiger partial charge in [0.2, 0.25) is 0 Å². The average Bonchev–Trinajstić information content (AvgIpc) is 3.52. The molecule has 0 saturated heterocycles. The lowest BCUT2D eigenvalue weighted by molar-refractivity contribution is 1.67. The summed E-state index contributed by atoms with van der Waals surface area (Å²) in [5, 5.41) is 12.8. The first-order chi connectivity index (χ1) is 23.3. The number of hydrogen-bond acceptors (Lipinski definition) is 1. The quantitative estimate of drug-likeness (QED) is 0.174. The first kappa shape index (κ1) is 26.5. The van der Waals surface area contributed by atoms with Gasteiger partial charge in [-0.1, -0.05) is 140 Å². The molecule has 218 valence electrons. The molecule has 9 aromatic carbocycles. The predicted molar refractivity (Wildman–Crippen MR) is 206 cm³/mol. The van der Waals surface area contributed by atoms with E-state index in [1.165, 1.54) is 96.6 Å². The van der Waals surface area contributed by atoms with Crippen LogP contribution in [0.25, 0.3) is 96.6 Å². The molecule has 1 heteroatoms. The Labute approximate surface area is 276 Å². The van der Waals surface area contributed by atoms with E-state index in [0.717, 1.165) is 0 Å². The van der Waals surface area contributed by atoms with E-state index in [0.29, 0.717) is 0 Å². The van der Waals surface area contributed by atoms with Crippen LogP contribution in [-0.4, -0.2) is 0 Å². The highest BCUT2D eigenvalue weighted by Crippen LogP contribution is 2.47. The molecule has 0 atom stereocenters. The molecule has 0 aliphatic heterocycles. The van der Waals surface area contributed by atoms with E-state index in [1.807, 2.05) is 11.3 Å². The van der Waals surface area contributed by atoms with Crippen LogP contribution in [0.1, 0.15) is 0 Å². The van der Waals surface area contributed by atoms with Crippen LogP contribution in [0, 0.1) is 0 Å². The summed E-state index contributed by atoms with van der Waals surface area (Å²) in [5.41, 5.74) is 7.59. The number of fused-ring (bicyclic) bond motifs is 7. The lowest BCUT2D eigenvalue weighted by atomic mass is 9.84. The minimum absolute atomic E-state index is 1.24. The molecule has 0 amide bonds. The summed E-state index contributed by atoms with van der Waals surface area (Å²) in [7, 11) is 0. The molecule has 0 bridgehead atoms. The second-order valence-electron chi connectivity index (χ2n) is 12.5. The van der Waals surface area contributed by atoms with Crippen LogP contribution in [0.3, 0.4) is 0 Å². The fourth-order valence-electron chi connectivity index (χ4n) is 7.67. The van der Waals surface area contributed by atoms with Crippen molar-refractivity contribution in [3.05, 3.63) is 170 Å². The van der Waals surface area contributed by atoms with E-state index >= 15 is 0 Å². The molecule has 1 heterocycles. The summed E-state index contributed by atoms with van der Waals surface area (Å²) in [6, 6.07) is 62.9. The van der Waals surface area contributed by atoms with E-state index in [9.17, 15) is 0 Å². The molecular weight excluding hydrogens is 585 g/mol. The van der Waals surface area contributed by atoms with Gasteiger partial charge in [0.05, 0.1) is 0 Å². The van der Waals surface area contributed by atoms with Crippen LogP contribution in [0.4, 0.5) is 0 Å². The molecule has 0 aliphatic rings. The molecule has 10 aromatic rings. The maximum atomic E-state index is 2.46. The van der Waals surface area contributed by atoms with Gasteiger partial charge in [-0.15, -0.1) is 11.3 Å². The minimum atomic E-state index is 1.24. The van der Waals surface area contributed by atoms with Crippen LogP contribution in [0.5, 0.6) is 0 Å². The van der Waals surface area contributed by atoms with Crippen molar-refractivity contribution in [2.75, 3.05) is 0 Å². The molecule has 0 aliphatic carbocycles. The van der Waals surface area contributed by atoms with E-state index < -0.39 is 0 Å². The van der Waals surface area contributed by atoms with Crippen LogP contribution >= 0.6 is 11.3 Å². The van der Waals surface area contributed by atoms with Crippen molar-refractivity contribution < 1.29 is 0 Å². The monoisotopic (exact) mass is 612 g/mol. The van der Waals surface area contributed by atoms with Gasteiger partial charge in [-0.05, 0) is 107 Å². The third kappa shape index (κ3) is 4.14. The van der Waals surface area contributed by atoms with Crippen molar-refractivity contribution >= 4 is 74.6 Å². The summed E-state index contributed by atoms with van der Waals surface area (Å²) in [6.07, 6.45) is 0. The summed E-state index contributed by atoms with van der Waals surface area (Å²) in [4.78, 5) is 0. The summed E-state index contributed by atoms with van der Waals surface area (Å²) in [5.74, 6) is 0. The van der Waals surface area contributed by atoms with Crippen LogP contribution < -0.4 is 0 Å². The zero-order chi connectivity index (χ0) is 30.9. The standard InChI is InChI=1S/C46H28S/c1-3-12-31-26-34(22-20-29(31)10-1)44-37-14-5-6-15-38(37)45(35-23-21-30-11-2-4-13-32(30)27-35)41-28-33(24-25-39(41)44)36-17-9-19-43-46(36)40-16-7-8-18-42(40)47-43/h1-28H. The number of rotatable bonds is 3. The highest BCUT2D eigenvalue weighted by atomic mass is 32.1. The van der Waals surface area contributed by atoms with Crippen molar-refractivity contribution in [2.24, 2.45) is 0 Å². The van der Waals surface area contributed by atoms with Gasteiger partial charge in [0.1, 0.15) is 0 Å². The van der Waals surface area contributed by atoms with Crippen LogP contribution in [-0.2, 0) is 0 Å². The second kappa shape index (κ2) is 10.4. The van der Waals surface area contributed by atoms with Gasteiger partial charge in [0.15, 0.2) is 0 Å². The SMILES string of the molecule is c1ccc2cc(-c3c4ccccc4c(-c4ccc5ccccc5c4)c4cc(-c5cccc6sc7ccccc7c56)ccc34)ccc2c1.